The number of imide groups is 1. The number of aromatic amines is 1. The van der Waals surface area contributed by atoms with Crippen LogP contribution in [0.1, 0.15) is 27.5 Å². The summed E-state index contributed by atoms with van der Waals surface area (Å²) in [5.74, 6) is -2.86. The van der Waals surface area contributed by atoms with E-state index < -0.39 is 46.3 Å². The van der Waals surface area contributed by atoms with Crippen LogP contribution in [0.15, 0.2) is 88.7 Å². The Hall–Kier alpha value is -3.83. The zero-order chi connectivity index (χ0) is 27.3. The molecular weight excluding hydrogens is 549 g/mol. The second-order valence-electron chi connectivity index (χ2n) is 9.09. The number of carbonyl (C=O) groups excluding carboxylic acids is 2. The van der Waals surface area contributed by atoms with Gasteiger partial charge in [0.05, 0.1) is 22.2 Å². The molecule has 1 N–H and O–H groups in total. The molecule has 1 aromatic heterocycles. The summed E-state index contributed by atoms with van der Waals surface area (Å²) in [6.45, 7) is 0.238. The number of benzene rings is 3. The van der Waals surface area contributed by atoms with Gasteiger partial charge in [0.15, 0.2) is 0 Å². The van der Waals surface area contributed by atoms with Gasteiger partial charge < -0.3 is 9.72 Å². The fourth-order valence-corrected chi connectivity index (χ4v) is 7.61. The van der Waals surface area contributed by atoms with Gasteiger partial charge in [-0.25, -0.2) is 4.90 Å². The van der Waals surface area contributed by atoms with Gasteiger partial charge in [0, 0.05) is 16.4 Å². The van der Waals surface area contributed by atoms with Crippen molar-refractivity contribution in [2.45, 2.75) is 29.0 Å². The highest BCUT2D eigenvalue weighted by molar-refractivity contribution is 8.00. The topological polar surface area (TPSA) is 79.5 Å². The van der Waals surface area contributed by atoms with Crippen LogP contribution in [0.3, 0.4) is 0 Å². The van der Waals surface area contributed by atoms with Crippen molar-refractivity contribution in [3.8, 4) is 5.75 Å². The smallest absolute Gasteiger partial charge is 0.418 e. The quantitative estimate of drug-likeness (QED) is 0.307. The van der Waals surface area contributed by atoms with Gasteiger partial charge in [0.2, 0.25) is 11.8 Å². The van der Waals surface area contributed by atoms with Crippen LogP contribution in [-0.4, -0.2) is 22.0 Å². The molecule has 39 heavy (non-hydrogen) atoms. The average molecular weight is 569 g/mol. The highest BCUT2D eigenvalue weighted by atomic mass is 32.2. The third-order valence-electron chi connectivity index (χ3n) is 6.77. The van der Waals surface area contributed by atoms with Crippen molar-refractivity contribution in [3.63, 3.8) is 0 Å². The Kier molecular flexibility index (Phi) is 6.35. The van der Waals surface area contributed by atoms with E-state index in [0.717, 1.165) is 40.8 Å². The summed E-state index contributed by atoms with van der Waals surface area (Å²) in [6, 6.07) is 21.0. The van der Waals surface area contributed by atoms with Crippen LogP contribution in [0.5, 0.6) is 5.75 Å². The number of hydrogen-bond acceptors (Lipinski definition) is 6. The summed E-state index contributed by atoms with van der Waals surface area (Å²) in [6.07, 6.45) is -4.76. The van der Waals surface area contributed by atoms with Crippen molar-refractivity contribution in [1.29, 1.82) is 0 Å². The van der Waals surface area contributed by atoms with E-state index in [1.54, 1.807) is 24.3 Å². The molecule has 1 fully saturated rings. The lowest BCUT2D eigenvalue weighted by atomic mass is 9.82. The van der Waals surface area contributed by atoms with Gasteiger partial charge in [-0.15, -0.1) is 0 Å². The number of aromatic nitrogens is 1. The van der Waals surface area contributed by atoms with Gasteiger partial charge in [0.1, 0.15) is 17.6 Å². The van der Waals surface area contributed by atoms with Crippen LogP contribution in [0.4, 0.5) is 18.9 Å². The van der Waals surface area contributed by atoms with E-state index in [9.17, 15) is 27.6 Å². The van der Waals surface area contributed by atoms with Crippen molar-refractivity contribution in [3.05, 3.63) is 110 Å². The maximum Gasteiger partial charge on any atom is 0.418 e. The van der Waals surface area contributed by atoms with E-state index >= 15 is 0 Å². The van der Waals surface area contributed by atoms with E-state index in [1.165, 1.54) is 12.1 Å². The summed E-state index contributed by atoms with van der Waals surface area (Å²) in [5, 5.41) is -0.593. The molecule has 0 radical (unpaired) electrons. The Morgan fingerprint density at radius 2 is 1.56 bits per heavy atom. The molecule has 4 aromatic rings. The van der Waals surface area contributed by atoms with Gasteiger partial charge in [-0.3, -0.25) is 14.4 Å². The van der Waals surface area contributed by atoms with Crippen LogP contribution in [-0.2, 0) is 22.4 Å². The number of thiazole rings is 1. The Morgan fingerprint density at radius 3 is 2.33 bits per heavy atom. The monoisotopic (exact) mass is 568 g/mol. The number of nitrogens with one attached hydrogen (secondary N) is 1. The van der Waals surface area contributed by atoms with Gasteiger partial charge in [-0.1, -0.05) is 83.8 Å². The van der Waals surface area contributed by atoms with E-state index in [0.29, 0.717) is 26.1 Å². The molecule has 3 heterocycles. The molecule has 3 atom stereocenters. The number of fused-ring (bicyclic) bond motifs is 2. The third-order valence-corrected chi connectivity index (χ3v) is 9.17. The number of rotatable bonds is 5. The zero-order valence-corrected chi connectivity index (χ0v) is 21.6. The maximum atomic E-state index is 13.9. The molecule has 2 aliphatic rings. The predicted octanol–water partition coefficient (Wildman–Crippen LogP) is 5.83. The molecule has 0 aliphatic carbocycles. The summed E-state index contributed by atoms with van der Waals surface area (Å²) < 4.78 is 47.7. The lowest BCUT2D eigenvalue weighted by molar-refractivity contribution is -0.137. The molecule has 0 saturated carbocycles. The first-order chi connectivity index (χ1) is 18.7. The van der Waals surface area contributed by atoms with Gasteiger partial charge in [0.25, 0.3) is 0 Å². The van der Waals surface area contributed by atoms with Crippen molar-refractivity contribution in [1.82, 2.24) is 4.98 Å². The maximum absolute atomic E-state index is 13.9. The largest absolute Gasteiger partial charge is 0.489 e. The molecule has 0 unspecified atom stereocenters. The molecule has 3 aromatic carbocycles. The van der Waals surface area contributed by atoms with Gasteiger partial charge in [-0.2, -0.15) is 13.2 Å². The molecule has 0 bridgehead atoms. The van der Waals surface area contributed by atoms with E-state index in [4.69, 9.17) is 4.74 Å². The fraction of sp³-hybridized carbons (Fsp3) is 0.179. The minimum atomic E-state index is -4.76. The minimum Gasteiger partial charge on any atom is -0.489 e. The summed E-state index contributed by atoms with van der Waals surface area (Å²) in [7, 11) is 0. The van der Waals surface area contributed by atoms with E-state index in [-0.39, 0.29) is 11.5 Å². The van der Waals surface area contributed by atoms with Crippen molar-refractivity contribution in [2.75, 3.05) is 4.90 Å². The lowest BCUT2D eigenvalue weighted by Gasteiger charge is -2.30. The van der Waals surface area contributed by atoms with Crippen LogP contribution >= 0.6 is 23.1 Å². The molecular formula is C28H19F3N2O4S2. The number of thioether (sulfide) groups is 1. The lowest BCUT2D eigenvalue weighted by Crippen LogP contribution is -2.33. The molecule has 1 saturated heterocycles. The van der Waals surface area contributed by atoms with E-state index in [2.05, 4.69) is 4.98 Å². The van der Waals surface area contributed by atoms with Gasteiger partial charge >= 0.3 is 11.0 Å². The second kappa shape index (κ2) is 9.73. The normalized spacial score (nSPS) is 20.6. The molecule has 0 spiro atoms. The highest BCUT2D eigenvalue weighted by Crippen LogP contribution is 2.55. The molecule has 198 valence electrons. The standard InChI is InChI=1S/C28H19F3N2O4S2/c29-28(30,31)17-11-5-6-12-18(17)33-25(34)21-20(22-24(32-27(36)39-22)38-23(21)26(33)35)16-10-4-7-13-19(16)37-14-15-8-2-1-3-9-15/h1-13,20-21,23H,14H2,(H,32,36)/t20-,21-,23+/m0/s1. The predicted molar refractivity (Wildman–Crippen MR) is 141 cm³/mol. The SMILES string of the molecule is O=C1[C@H]2[C@H](c3ccccc3OCc3ccccc3)c3sc(=O)[nH]c3S[C@H]2C(=O)N1c1ccccc1C(F)(F)F. The molecule has 6 nitrogen and oxygen atoms in total. The Morgan fingerprint density at radius 1 is 0.872 bits per heavy atom. The molecule has 2 aliphatic heterocycles. The number of anilines is 1. The Balaban J connectivity index is 1.45. The zero-order valence-electron chi connectivity index (χ0n) is 20.0. The van der Waals surface area contributed by atoms with E-state index in [1.807, 2.05) is 30.3 Å². The van der Waals surface area contributed by atoms with Crippen LogP contribution in [0, 0.1) is 5.92 Å². The van der Waals surface area contributed by atoms with Crippen LogP contribution in [0.25, 0.3) is 0 Å². The fourth-order valence-electron chi connectivity index (χ4n) is 5.10. The van der Waals surface area contributed by atoms with Crippen LogP contribution in [0.2, 0.25) is 0 Å². The number of H-pyrrole nitrogens is 1. The first-order valence-electron chi connectivity index (χ1n) is 11.9. The first-order valence-corrected chi connectivity index (χ1v) is 13.6. The number of hydrogen-bond donors (Lipinski definition) is 1. The van der Waals surface area contributed by atoms with Crippen LogP contribution < -0.4 is 14.5 Å². The average Bonchev–Trinajstić information content (AvgIpc) is 3.42. The minimum absolute atomic E-state index is 0.238. The number of halogens is 3. The molecule has 11 heteroatoms. The first kappa shape index (κ1) is 25.4. The number of ether oxygens (including phenoxy) is 1. The highest BCUT2D eigenvalue weighted by Gasteiger charge is 2.57. The summed E-state index contributed by atoms with van der Waals surface area (Å²) in [5.41, 5.74) is -0.0772. The van der Waals surface area contributed by atoms with Crippen molar-refractivity contribution in [2.24, 2.45) is 5.92 Å². The second-order valence-corrected chi connectivity index (χ2v) is 11.3. The number of para-hydroxylation sites is 2. The summed E-state index contributed by atoms with van der Waals surface area (Å²) in [4.78, 5) is 43.5. The third kappa shape index (κ3) is 4.45. The Bertz CT molecular complexity index is 1630. The Labute approximate surface area is 228 Å². The number of alkyl halides is 3. The number of amides is 2. The van der Waals surface area contributed by atoms with Gasteiger partial charge in [-0.05, 0) is 23.8 Å². The summed E-state index contributed by atoms with van der Waals surface area (Å²) >= 11 is 1.93. The molecule has 6 rings (SSSR count). The van der Waals surface area contributed by atoms with Crippen molar-refractivity contribution < 1.29 is 27.5 Å². The number of carbonyl (C=O) groups is 2. The van der Waals surface area contributed by atoms with Crippen molar-refractivity contribution >= 4 is 40.6 Å². The number of nitrogens with zero attached hydrogens (tertiary/aromatic N) is 1. The molecule has 2 amide bonds.